The van der Waals surface area contributed by atoms with Crippen molar-refractivity contribution in [3.8, 4) is 0 Å². The molecule has 0 heterocycles. The number of nitrogens with one attached hydrogen (secondary N) is 1. The van der Waals surface area contributed by atoms with E-state index in [-0.39, 0.29) is 6.03 Å². The fourth-order valence-corrected chi connectivity index (χ4v) is 1.57. The number of carbonyl (C=O) groups is 1. The molecule has 2 amide bonds. The van der Waals surface area contributed by atoms with E-state index in [2.05, 4.69) is 18.5 Å². The summed E-state index contributed by atoms with van der Waals surface area (Å²) >= 11 is 1.81. The average Bonchev–Trinajstić information content (AvgIpc) is 2.13. The number of thioether (sulfide) groups is 1. The molecule has 0 aromatic rings. The smallest absolute Gasteiger partial charge is 0.317 e. The van der Waals surface area contributed by atoms with E-state index in [9.17, 15) is 4.79 Å². The number of urea groups is 1. The molecule has 0 aliphatic heterocycles. The van der Waals surface area contributed by atoms with Crippen molar-refractivity contribution in [3.05, 3.63) is 0 Å². The largest absolute Gasteiger partial charge is 0.338 e. The number of rotatable bonds is 5. The molecule has 4 heteroatoms. The molecule has 0 aliphatic rings. The lowest BCUT2D eigenvalue weighted by molar-refractivity contribution is 0.210. The summed E-state index contributed by atoms with van der Waals surface area (Å²) < 4.78 is 0. The molecule has 0 aromatic heterocycles. The van der Waals surface area contributed by atoms with E-state index in [1.54, 1.807) is 11.9 Å². The van der Waals surface area contributed by atoms with E-state index in [0.717, 1.165) is 18.8 Å². The summed E-state index contributed by atoms with van der Waals surface area (Å²) in [5, 5.41) is 2.89. The van der Waals surface area contributed by atoms with Gasteiger partial charge in [0.2, 0.25) is 0 Å². The quantitative estimate of drug-likeness (QED) is 0.738. The lowest BCUT2D eigenvalue weighted by Crippen LogP contribution is -2.39. The van der Waals surface area contributed by atoms with E-state index in [1.165, 1.54) is 0 Å². The molecule has 0 saturated carbocycles. The number of amides is 2. The topological polar surface area (TPSA) is 32.3 Å². The Morgan fingerprint density at radius 3 is 2.69 bits per heavy atom. The van der Waals surface area contributed by atoms with Crippen LogP contribution in [0.5, 0.6) is 0 Å². The van der Waals surface area contributed by atoms with Gasteiger partial charge in [0.25, 0.3) is 0 Å². The van der Waals surface area contributed by atoms with Gasteiger partial charge < -0.3 is 10.2 Å². The first-order valence-corrected chi connectivity index (χ1v) is 5.99. The van der Waals surface area contributed by atoms with E-state index in [0.29, 0.717) is 5.92 Å². The molecule has 0 aromatic carbocycles. The van der Waals surface area contributed by atoms with Crippen LogP contribution in [0.4, 0.5) is 4.79 Å². The van der Waals surface area contributed by atoms with Gasteiger partial charge in [-0.15, -0.1) is 0 Å². The standard InChI is InChI=1S/C9H20N2OS/c1-5-11(3)9(12)10-6-8(2)7-13-4/h8H,5-7H2,1-4H3,(H,10,12). The van der Waals surface area contributed by atoms with Gasteiger partial charge >= 0.3 is 6.03 Å². The third kappa shape index (κ3) is 5.80. The fraction of sp³-hybridized carbons (Fsp3) is 0.889. The predicted molar refractivity (Wildman–Crippen MR) is 59.2 cm³/mol. The molecule has 1 atom stereocenters. The number of hydrogen-bond acceptors (Lipinski definition) is 2. The molecule has 78 valence electrons. The minimum Gasteiger partial charge on any atom is -0.338 e. The molecule has 1 unspecified atom stereocenters. The van der Waals surface area contributed by atoms with E-state index < -0.39 is 0 Å². The second kappa shape index (κ2) is 7.06. The lowest BCUT2D eigenvalue weighted by Gasteiger charge is -2.17. The summed E-state index contributed by atoms with van der Waals surface area (Å²) in [5.41, 5.74) is 0. The van der Waals surface area contributed by atoms with Crippen LogP contribution in [0.25, 0.3) is 0 Å². The molecular formula is C9H20N2OS. The third-order valence-corrected chi connectivity index (χ3v) is 2.78. The Morgan fingerprint density at radius 2 is 2.23 bits per heavy atom. The Kier molecular flexibility index (Phi) is 6.86. The Bertz CT molecular complexity index is 153. The molecule has 1 N–H and O–H groups in total. The molecule has 0 radical (unpaired) electrons. The van der Waals surface area contributed by atoms with Crippen LogP contribution in [0.3, 0.4) is 0 Å². The van der Waals surface area contributed by atoms with Crippen LogP contribution in [0, 0.1) is 5.92 Å². The normalized spacial score (nSPS) is 12.3. The van der Waals surface area contributed by atoms with Gasteiger partial charge in [-0.1, -0.05) is 6.92 Å². The first kappa shape index (κ1) is 12.6. The van der Waals surface area contributed by atoms with Gasteiger partial charge in [-0.25, -0.2) is 4.79 Å². The van der Waals surface area contributed by atoms with Crippen molar-refractivity contribution in [3.63, 3.8) is 0 Å². The minimum atomic E-state index is 0.0236. The Morgan fingerprint density at radius 1 is 1.62 bits per heavy atom. The summed E-state index contributed by atoms with van der Waals surface area (Å²) in [4.78, 5) is 13.0. The number of nitrogens with zero attached hydrogens (tertiary/aromatic N) is 1. The second-order valence-corrected chi connectivity index (χ2v) is 4.17. The van der Waals surface area contributed by atoms with E-state index >= 15 is 0 Å². The van der Waals surface area contributed by atoms with Crippen molar-refractivity contribution >= 4 is 17.8 Å². The monoisotopic (exact) mass is 204 g/mol. The van der Waals surface area contributed by atoms with E-state index in [1.807, 2.05) is 18.7 Å². The van der Waals surface area contributed by atoms with Crippen LogP contribution in [0.1, 0.15) is 13.8 Å². The summed E-state index contributed by atoms with van der Waals surface area (Å²) in [6.07, 6.45) is 2.08. The molecule has 0 saturated heterocycles. The Balaban J connectivity index is 3.57. The van der Waals surface area contributed by atoms with Crippen LogP contribution >= 0.6 is 11.8 Å². The summed E-state index contributed by atoms with van der Waals surface area (Å²) in [6.45, 7) is 5.63. The first-order chi connectivity index (χ1) is 6.11. The van der Waals surface area contributed by atoms with Gasteiger partial charge in [0.05, 0.1) is 0 Å². The van der Waals surface area contributed by atoms with Crippen LogP contribution < -0.4 is 5.32 Å². The molecule has 0 fully saturated rings. The molecule has 3 nitrogen and oxygen atoms in total. The average molecular weight is 204 g/mol. The van der Waals surface area contributed by atoms with Crippen molar-refractivity contribution in [2.24, 2.45) is 5.92 Å². The van der Waals surface area contributed by atoms with Crippen molar-refractivity contribution in [2.45, 2.75) is 13.8 Å². The Labute approximate surface area is 85.3 Å². The van der Waals surface area contributed by atoms with Gasteiger partial charge in [0.1, 0.15) is 0 Å². The zero-order valence-corrected chi connectivity index (χ0v) is 9.78. The minimum absolute atomic E-state index is 0.0236. The summed E-state index contributed by atoms with van der Waals surface area (Å²) in [5.74, 6) is 1.64. The fourth-order valence-electron chi connectivity index (χ4n) is 0.884. The highest BCUT2D eigenvalue weighted by Gasteiger charge is 2.07. The zero-order valence-electron chi connectivity index (χ0n) is 8.96. The van der Waals surface area contributed by atoms with Crippen molar-refractivity contribution in [1.82, 2.24) is 10.2 Å². The van der Waals surface area contributed by atoms with Crippen molar-refractivity contribution in [1.29, 1.82) is 0 Å². The highest BCUT2D eigenvalue weighted by atomic mass is 32.2. The maximum absolute atomic E-state index is 11.3. The number of carbonyl (C=O) groups excluding carboxylic acids is 1. The highest BCUT2D eigenvalue weighted by Crippen LogP contribution is 2.02. The van der Waals surface area contributed by atoms with Crippen molar-refractivity contribution < 1.29 is 4.79 Å². The number of hydrogen-bond donors (Lipinski definition) is 1. The molecule has 0 bridgehead atoms. The predicted octanol–water partition coefficient (Wildman–Crippen LogP) is 1.65. The van der Waals surface area contributed by atoms with Crippen molar-refractivity contribution in [2.75, 3.05) is 32.1 Å². The maximum Gasteiger partial charge on any atom is 0.317 e. The highest BCUT2D eigenvalue weighted by molar-refractivity contribution is 7.98. The maximum atomic E-state index is 11.3. The van der Waals surface area contributed by atoms with Crippen LogP contribution in [-0.2, 0) is 0 Å². The van der Waals surface area contributed by atoms with Gasteiger partial charge in [-0.2, -0.15) is 11.8 Å². The van der Waals surface area contributed by atoms with E-state index in [4.69, 9.17) is 0 Å². The van der Waals surface area contributed by atoms with Gasteiger partial charge in [-0.05, 0) is 24.9 Å². The molecule has 0 aliphatic carbocycles. The van der Waals surface area contributed by atoms with Gasteiger partial charge in [0, 0.05) is 20.1 Å². The molecule has 13 heavy (non-hydrogen) atoms. The molecule has 0 rings (SSSR count). The van der Waals surface area contributed by atoms with Crippen LogP contribution in [0.2, 0.25) is 0 Å². The first-order valence-electron chi connectivity index (χ1n) is 4.59. The lowest BCUT2D eigenvalue weighted by atomic mass is 10.2. The molecule has 0 spiro atoms. The summed E-state index contributed by atoms with van der Waals surface area (Å²) in [6, 6.07) is 0.0236. The zero-order chi connectivity index (χ0) is 10.3. The molecular weight excluding hydrogens is 184 g/mol. The van der Waals surface area contributed by atoms with Crippen LogP contribution in [-0.4, -0.2) is 43.1 Å². The Hall–Kier alpha value is -0.380. The summed E-state index contributed by atoms with van der Waals surface area (Å²) in [7, 11) is 1.80. The second-order valence-electron chi connectivity index (χ2n) is 3.26. The third-order valence-electron chi connectivity index (χ3n) is 1.87. The van der Waals surface area contributed by atoms with Gasteiger partial charge in [0.15, 0.2) is 0 Å². The van der Waals surface area contributed by atoms with Gasteiger partial charge in [-0.3, -0.25) is 0 Å². The van der Waals surface area contributed by atoms with Crippen LogP contribution in [0.15, 0.2) is 0 Å². The SMILES string of the molecule is CCN(C)C(=O)NCC(C)CSC.